The molecule has 1 amide bonds. The zero-order valence-corrected chi connectivity index (χ0v) is 14.1. The van der Waals surface area contributed by atoms with Crippen molar-refractivity contribution in [3.63, 3.8) is 0 Å². The Kier molecular flexibility index (Phi) is 5.93. The number of carbonyl (C=O) groups is 2. The summed E-state index contributed by atoms with van der Waals surface area (Å²) in [7, 11) is 1.41. The molecule has 0 bridgehead atoms. The van der Waals surface area contributed by atoms with Gasteiger partial charge in [0.1, 0.15) is 22.9 Å². The van der Waals surface area contributed by atoms with E-state index in [1.807, 2.05) is 0 Å². The minimum Gasteiger partial charge on any atom is -0.495 e. The van der Waals surface area contributed by atoms with Crippen LogP contribution in [-0.4, -0.2) is 25.1 Å². The molecule has 0 aliphatic carbocycles. The van der Waals surface area contributed by atoms with Gasteiger partial charge >= 0.3 is 5.97 Å². The Morgan fingerprint density at radius 3 is 2.40 bits per heavy atom. The van der Waals surface area contributed by atoms with Crippen LogP contribution in [0.3, 0.4) is 0 Å². The number of methoxy groups -OCH3 is 1. The Hall–Kier alpha value is -2.67. The van der Waals surface area contributed by atoms with Crippen molar-refractivity contribution in [2.24, 2.45) is 0 Å². The predicted octanol–water partition coefficient (Wildman–Crippen LogP) is 3.81. The van der Waals surface area contributed by atoms with Gasteiger partial charge in [-0.3, -0.25) is 4.79 Å². The zero-order chi connectivity index (χ0) is 18.6. The second-order valence-corrected chi connectivity index (χ2v) is 5.41. The number of anilines is 1. The van der Waals surface area contributed by atoms with E-state index in [2.05, 4.69) is 5.32 Å². The normalized spacial score (nSPS) is 11.6. The summed E-state index contributed by atoms with van der Waals surface area (Å²) >= 11 is 5.86. The standard InChI is InChI=1S/C17H14ClF2NO4/c1-9(25-17(23)15-11(19)4-3-5-12(15)20)16(22)21-13-8-10(18)6-7-14(13)24-2/h3-9H,1-2H3,(H,21,22)/t9-/m0/s1. The lowest BCUT2D eigenvalue weighted by Crippen LogP contribution is -2.30. The van der Waals surface area contributed by atoms with Crippen LogP contribution in [0.15, 0.2) is 36.4 Å². The molecular formula is C17H14ClF2NO4. The van der Waals surface area contributed by atoms with Crippen molar-refractivity contribution >= 4 is 29.2 Å². The van der Waals surface area contributed by atoms with Gasteiger partial charge in [-0.1, -0.05) is 17.7 Å². The molecular weight excluding hydrogens is 356 g/mol. The van der Waals surface area contributed by atoms with Gasteiger partial charge in [0.05, 0.1) is 12.8 Å². The van der Waals surface area contributed by atoms with Crippen LogP contribution in [0.4, 0.5) is 14.5 Å². The molecule has 25 heavy (non-hydrogen) atoms. The summed E-state index contributed by atoms with van der Waals surface area (Å²) < 4.78 is 37.1. The quantitative estimate of drug-likeness (QED) is 0.814. The first kappa shape index (κ1) is 18.7. The lowest BCUT2D eigenvalue weighted by atomic mass is 10.2. The number of hydrogen-bond acceptors (Lipinski definition) is 4. The van der Waals surface area contributed by atoms with E-state index >= 15 is 0 Å². The maximum Gasteiger partial charge on any atom is 0.344 e. The molecule has 0 saturated heterocycles. The van der Waals surface area contributed by atoms with Gasteiger partial charge in [0.15, 0.2) is 6.10 Å². The van der Waals surface area contributed by atoms with Crippen molar-refractivity contribution in [3.05, 3.63) is 58.6 Å². The average Bonchev–Trinajstić information content (AvgIpc) is 2.54. The Balaban J connectivity index is 2.11. The molecule has 8 heteroatoms. The van der Waals surface area contributed by atoms with Crippen LogP contribution in [0.2, 0.25) is 5.02 Å². The van der Waals surface area contributed by atoms with E-state index in [4.69, 9.17) is 21.1 Å². The summed E-state index contributed by atoms with van der Waals surface area (Å²) in [5.74, 6) is -3.80. The first-order valence-corrected chi connectivity index (χ1v) is 7.50. The summed E-state index contributed by atoms with van der Waals surface area (Å²) in [6.45, 7) is 1.27. The van der Waals surface area contributed by atoms with Gasteiger partial charge in [-0.15, -0.1) is 0 Å². The van der Waals surface area contributed by atoms with Gasteiger partial charge < -0.3 is 14.8 Å². The van der Waals surface area contributed by atoms with Crippen LogP contribution in [0, 0.1) is 11.6 Å². The molecule has 1 atom stereocenters. The first-order chi connectivity index (χ1) is 11.8. The maximum absolute atomic E-state index is 13.6. The highest BCUT2D eigenvalue weighted by molar-refractivity contribution is 6.31. The summed E-state index contributed by atoms with van der Waals surface area (Å²) in [5, 5.41) is 2.83. The van der Waals surface area contributed by atoms with Crippen molar-refractivity contribution in [1.82, 2.24) is 0 Å². The molecule has 0 aromatic heterocycles. The van der Waals surface area contributed by atoms with E-state index in [-0.39, 0.29) is 5.69 Å². The van der Waals surface area contributed by atoms with Gasteiger partial charge in [-0.25, -0.2) is 13.6 Å². The van der Waals surface area contributed by atoms with E-state index in [0.29, 0.717) is 10.8 Å². The van der Waals surface area contributed by atoms with Gasteiger partial charge in [0, 0.05) is 5.02 Å². The fraction of sp³-hybridized carbons (Fsp3) is 0.176. The number of benzene rings is 2. The molecule has 0 aliphatic rings. The number of carbonyl (C=O) groups excluding carboxylic acids is 2. The molecule has 0 saturated carbocycles. The number of hydrogen-bond donors (Lipinski definition) is 1. The van der Waals surface area contributed by atoms with Crippen molar-refractivity contribution in [2.45, 2.75) is 13.0 Å². The first-order valence-electron chi connectivity index (χ1n) is 7.13. The third kappa shape index (κ3) is 4.45. The lowest BCUT2D eigenvalue weighted by Gasteiger charge is -2.15. The highest BCUT2D eigenvalue weighted by atomic mass is 35.5. The van der Waals surface area contributed by atoms with Crippen molar-refractivity contribution in [1.29, 1.82) is 0 Å². The molecule has 0 aliphatic heterocycles. The highest BCUT2D eigenvalue weighted by Crippen LogP contribution is 2.28. The molecule has 0 fully saturated rings. The maximum atomic E-state index is 13.6. The topological polar surface area (TPSA) is 64.6 Å². The predicted molar refractivity (Wildman–Crippen MR) is 87.9 cm³/mol. The molecule has 5 nitrogen and oxygen atoms in total. The van der Waals surface area contributed by atoms with Gasteiger partial charge in [-0.2, -0.15) is 0 Å². The summed E-state index contributed by atoms with van der Waals surface area (Å²) in [6.07, 6.45) is -1.31. The zero-order valence-electron chi connectivity index (χ0n) is 13.3. The summed E-state index contributed by atoms with van der Waals surface area (Å²) in [4.78, 5) is 24.1. The third-order valence-electron chi connectivity index (χ3n) is 3.24. The summed E-state index contributed by atoms with van der Waals surface area (Å²) in [6, 6.07) is 7.51. The Morgan fingerprint density at radius 1 is 1.16 bits per heavy atom. The van der Waals surface area contributed by atoms with Crippen LogP contribution < -0.4 is 10.1 Å². The average molecular weight is 370 g/mol. The Labute approximate surface area is 147 Å². The van der Waals surface area contributed by atoms with E-state index in [1.165, 1.54) is 20.1 Å². The third-order valence-corrected chi connectivity index (χ3v) is 3.47. The number of ether oxygens (including phenoxy) is 2. The number of esters is 1. The molecule has 2 aromatic carbocycles. The van der Waals surface area contributed by atoms with Crippen LogP contribution in [0.5, 0.6) is 5.75 Å². The minimum atomic E-state index is -1.31. The number of amides is 1. The summed E-state index contributed by atoms with van der Waals surface area (Å²) in [5.41, 5.74) is -0.595. The second kappa shape index (κ2) is 7.94. The molecule has 2 rings (SSSR count). The Bertz CT molecular complexity index is 793. The van der Waals surface area contributed by atoms with Crippen LogP contribution in [0.1, 0.15) is 17.3 Å². The van der Waals surface area contributed by atoms with E-state index in [0.717, 1.165) is 18.2 Å². The van der Waals surface area contributed by atoms with Crippen LogP contribution in [0.25, 0.3) is 0 Å². The van der Waals surface area contributed by atoms with Crippen LogP contribution in [-0.2, 0) is 9.53 Å². The second-order valence-electron chi connectivity index (χ2n) is 4.98. The van der Waals surface area contributed by atoms with Gasteiger partial charge in [-0.05, 0) is 37.3 Å². The molecule has 132 valence electrons. The monoisotopic (exact) mass is 369 g/mol. The molecule has 0 heterocycles. The minimum absolute atomic E-state index is 0.264. The molecule has 0 radical (unpaired) electrons. The SMILES string of the molecule is COc1ccc(Cl)cc1NC(=O)[C@H](C)OC(=O)c1c(F)cccc1F. The van der Waals surface area contributed by atoms with Crippen molar-refractivity contribution in [3.8, 4) is 5.75 Å². The number of rotatable bonds is 5. The largest absolute Gasteiger partial charge is 0.495 e. The van der Waals surface area contributed by atoms with Gasteiger partial charge in [0.2, 0.25) is 0 Å². The van der Waals surface area contributed by atoms with E-state index in [9.17, 15) is 18.4 Å². The van der Waals surface area contributed by atoms with Gasteiger partial charge in [0.25, 0.3) is 5.91 Å². The molecule has 0 unspecified atom stereocenters. The smallest absolute Gasteiger partial charge is 0.344 e. The molecule has 1 N–H and O–H groups in total. The molecule has 2 aromatic rings. The van der Waals surface area contributed by atoms with Crippen molar-refractivity contribution < 1.29 is 27.8 Å². The van der Waals surface area contributed by atoms with Crippen LogP contribution >= 0.6 is 11.6 Å². The number of nitrogens with one attached hydrogen (secondary N) is 1. The highest BCUT2D eigenvalue weighted by Gasteiger charge is 2.24. The van der Waals surface area contributed by atoms with E-state index < -0.39 is 35.2 Å². The lowest BCUT2D eigenvalue weighted by molar-refractivity contribution is -0.123. The Morgan fingerprint density at radius 2 is 1.80 bits per heavy atom. The number of halogens is 3. The fourth-order valence-corrected chi connectivity index (χ4v) is 2.15. The van der Waals surface area contributed by atoms with E-state index in [1.54, 1.807) is 12.1 Å². The van der Waals surface area contributed by atoms with Crippen molar-refractivity contribution in [2.75, 3.05) is 12.4 Å². The fourth-order valence-electron chi connectivity index (χ4n) is 1.98. The molecule has 0 spiro atoms.